The Balaban J connectivity index is 3.44. The topological polar surface area (TPSA) is 87.1 Å². The quantitative estimate of drug-likeness (QED) is 0.246. The summed E-state index contributed by atoms with van der Waals surface area (Å²) in [4.78, 5) is 13.5. The summed E-state index contributed by atoms with van der Waals surface area (Å²) in [5.74, 6) is 5.18. The van der Waals surface area contributed by atoms with Crippen molar-refractivity contribution in [1.29, 1.82) is 0 Å². The highest BCUT2D eigenvalue weighted by Gasteiger charge is 1.97. The Bertz CT molecular complexity index is 286. The fourth-order valence-electron chi connectivity index (χ4n) is 0.662. The highest BCUT2D eigenvalue weighted by atomic mass is 16.5. The molecule has 0 spiro atoms. The van der Waals surface area contributed by atoms with Gasteiger partial charge < -0.3 is 10.1 Å². The van der Waals surface area contributed by atoms with E-state index >= 15 is 0 Å². The average Bonchev–Trinajstić information content (AvgIpc) is 2.23. The first-order valence-electron chi connectivity index (χ1n) is 4.68. The first kappa shape index (κ1) is 13.1. The van der Waals surface area contributed by atoms with E-state index in [0.717, 1.165) is 12.8 Å². The number of amides is 1. The number of hydrogen-bond donors (Lipinski definition) is 1. The molecule has 6 nitrogen and oxygen atoms in total. The van der Waals surface area contributed by atoms with E-state index in [1.54, 1.807) is 0 Å². The van der Waals surface area contributed by atoms with Crippen molar-refractivity contribution < 1.29 is 9.53 Å². The summed E-state index contributed by atoms with van der Waals surface area (Å²) in [5.41, 5.74) is 7.93. The fraction of sp³-hybridized carbons (Fsp3) is 0.667. The molecule has 0 saturated carbocycles. The van der Waals surface area contributed by atoms with E-state index in [1.165, 1.54) is 0 Å². The summed E-state index contributed by atoms with van der Waals surface area (Å²) < 4.78 is 4.81. The van der Waals surface area contributed by atoms with Gasteiger partial charge in [0.05, 0.1) is 19.7 Å². The van der Waals surface area contributed by atoms with Crippen molar-refractivity contribution in [2.45, 2.75) is 19.8 Å². The van der Waals surface area contributed by atoms with Gasteiger partial charge in [-0.2, -0.15) is 0 Å². The SMILES string of the molecule is CCCCOC(=O)NCC#CCN=[N+]=[N-]. The molecule has 0 radical (unpaired) electrons. The minimum absolute atomic E-state index is 0.114. The summed E-state index contributed by atoms with van der Waals surface area (Å²) >= 11 is 0. The van der Waals surface area contributed by atoms with Crippen molar-refractivity contribution in [3.63, 3.8) is 0 Å². The average molecular weight is 210 g/mol. The molecule has 0 aliphatic heterocycles. The van der Waals surface area contributed by atoms with E-state index in [4.69, 9.17) is 10.3 Å². The Labute approximate surface area is 88.6 Å². The van der Waals surface area contributed by atoms with E-state index in [2.05, 4.69) is 27.2 Å². The van der Waals surface area contributed by atoms with Gasteiger partial charge in [-0.3, -0.25) is 0 Å². The van der Waals surface area contributed by atoms with Gasteiger partial charge in [0, 0.05) is 4.91 Å². The van der Waals surface area contributed by atoms with E-state index in [0.29, 0.717) is 6.61 Å². The van der Waals surface area contributed by atoms with E-state index in [9.17, 15) is 4.79 Å². The van der Waals surface area contributed by atoms with Crippen molar-refractivity contribution >= 4 is 6.09 Å². The summed E-state index contributed by atoms with van der Waals surface area (Å²) in [7, 11) is 0. The van der Waals surface area contributed by atoms with Gasteiger partial charge in [-0.05, 0) is 12.0 Å². The molecule has 0 aromatic rings. The van der Waals surface area contributed by atoms with Crippen LogP contribution in [0.5, 0.6) is 0 Å². The summed E-state index contributed by atoms with van der Waals surface area (Å²) in [6.07, 6.45) is 1.37. The molecule has 0 bridgehead atoms. The van der Waals surface area contributed by atoms with Crippen LogP contribution in [0.4, 0.5) is 4.79 Å². The van der Waals surface area contributed by atoms with Crippen molar-refractivity contribution in [3.8, 4) is 11.8 Å². The molecule has 0 unspecified atom stereocenters. The Kier molecular flexibility index (Phi) is 8.95. The maximum absolute atomic E-state index is 10.9. The Morgan fingerprint density at radius 1 is 1.60 bits per heavy atom. The molecule has 0 atom stereocenters. The van der Waals surface area contributed by atoms with Crippen molar-refractivity contribution in [3.05, 3.63) is 10.4 Å². The second-order valence-corrected chi connectivity index (χ2v) is 2.59. The van der Waals surface area contributed by atoms with Crippen molar-refractivity contribution in [1.82, 2.24) is 5.32 Å². The van der Waals surface area contributed by atoms with Crippen LogP contribution in [0.1, 0.15) is 19.8 Å². The third-order valence-electron chi connectivity index (χ3n) is 1.39. The van der Waals surface area contributed by atoms with Gasteiger partial charge in [-0.1, -0.05) is 30.3 Å². The van der Waals surface area contributed by atoms with E-state index < -0.39 is 6.09 Å². The van der Waals surface area contributed by atoms with E-state index in [1.807, 2.05) is 6.92 Å². The van der Waals surface area contributed by atoms with E-state index in [-0.39, 0.29) is 13.1 Å². The van der Waals surface area contributed by atoms with Gasteiger partial charge in [-0.15, -0.1) is 0 Å². The summed E-state index contributed by atoms with van der Waals surface area (Å²) in [6.45, 7) is 2.76. The van der Waals surface area contributed by atoms with Gasteiger partial charge in [-0.25, -0.2) is 4.79 Å². The fourth-order valence-corrected chi connectivity index (χ4v) is 0.662. The maximum Gasteiger partial charge on any atom is 0.407 e. The molecule has 0 rings (SSSR count). The Hall–Kier alpha value is -1.86. The number of ether oxygens (including phenoxy) is 1. The van der Waals surface area contributed by atoms with Crippen LogP contribution >= 0.6 is 0 Å². The molecule has 82 valence electrons. The number of carbonyl (C=O) groups is 1. The van der Waals surface area contributed by atoms with Crippen LogP contribution in [0.15, 0.2) is 5.11 Å². The first-order valence-corrected chi connectivity index (χ1v) is 4.68. The molecule has 1 amide bonds. The lowest BCUT2D eigenvalue weighted by Gasteiger charge is -2.02. The van der Waals surface area contributed by atoms with Crippen molar-refractivity contribution in [2.24, 2.45) is 5.11 Å². The third-order valence-corrected chi connectivity index (χ3v) is 1.39. The number of nitrogens with one attached hydrogen (secondary N) is 1. The highest BCUT2D eigenvalue weighted by molar-refractivity contribution is 5.67. The van der Waals surface area contributed by atoms with Crippen LogP contribution in [-0.2, 0) is 4.74 Å². The van der Waals surface area contributed by atoms with Crippen LogP contribution in [-0.4, -0.2) is 25.8 Å². The number of nitrogens with zero attached hydrogens (tertiary/aromatic N) is 3. The normalized spacial score (nSPS) is 8.07. The number of hydrogen-bond acceptors (Lipinski definition) is 3. The molecular weight excluding hydrogens is 196 g/mol. The second kappa shape index (κ2) is 10.2. The molecule has 1 N–H and O–H groups in total. The molecule has 6 heteroatoms. The number of rotatable bonds is 5. The Morgan fingerprint density at radius 2 is 2.40 bits per heavy atom. The van der Waals surface area contributed by atoms with Gasteiger partial charge >= 0.3 is 6.09 Å². The standard InChI is InChI=1S/C9H14N4O2/c1-2-3-8-15-9(14)11-6-4-5-7-12-13-10/h2-3,6-8H2,1H3,(H,11,14). The molecule has 0 aromatic heterocycles. The van der Waals surface area contributed by atoms with Crippen LogP contribution in [0.3, 0.4) is 0 Å². The number of alkyl carbamates (subject to hydrolysis) is 1. The minimum atomic E-state index is -0.471. The maximum atomic E-state index is 10.9. The van der Waals surface area contributed by atoms with Crippen LogP contribution in [0.25, 0.3) is 10.4 Å². The lowest BCUT2D eigenvalue weighted by molar-refractivity contribution is 0.146. The lowest BCUT2D eigenvalue weighted by Crippen LogP contribution is -2.24. The molecule has 0 aliphatic carbocycles. The molecule has 0 aromatic carbocycles. The summed E-state index contributed by atoms with van der Waals surface area (Å²) in [6, 6.07) is 0. The minimum Gasteiger partial charge on any atom is -0.450 e. The first-order chi connectivity index (χ1) is 7.31. The molecule has 0 fully saturated rings. The van der Waals surface area contributed by atoms with Gasteiger partial charge in [0.25, 0.3) is 0 Å². The van der Waals surface area contributed by atoms with Gasteiger partial charge in [0.2, 0.25) is 0 Å². The van der Waals surface area contributed by atoms with Crippen molar-refractivity contribution in [2.75, 3.05) is 19.7 Å². The molecule has 15 heavy (non-hydrogen) atoms. The largest absolute Gasteiger partial charge is 0.450 e. The number of azide groups is 1. The van der Waals surface area contributed by atoms with Crippen LogP contribution < -0.4 is 5.32 Å². The third kappa shape index (κ3) is 10.1. The zero-order valence-electron chi connectivity index (χ0n) is 8.69. The molecule has 0 aliphatic rings. The summed E-state index contributed by atoms with van der Waals surface area (Å²) in [5, 5.41) is 5.66. The zero-order chi connectivity index (χ0) is 11.4. The highest BCUT2D eigenvalue weighted by Crippen LogP contribution is 1.87. The molecular formula is C9H14N4O2. The number of carbonyl (C=O) groups excluding carboxylic acids is 1. The molecule has 0 heterocycles. The van der Waals surface area contributed by atoms with Gasteiger partial charge in [0.15, 0.2) is 0 Å². The zero-order valence-corrected chi connectivity index (χ0v) is 8.69. The monoisotopic (exact) mass is 210 g/mol. The smallest absolute Gasteiger partial charge is 0.407 e. The van der Waals surface area contributed by atoms with Crippen LogP contribution in [0, 0.1) is 11.8 Å². The second-order valence-electron chi connectivity index (χ2n) is 2.59. The van der Waals surface area contributed by atoms with Crippen LogP contribution in [0.2, 0.25) is 0 Å². The Morgan fingerprint density at radius 3 is 3.07 bits per heavy atom. The predicted octanol–water partition coefficient (Wildman–Crippen LogP) is 1.83. The lowest BCUT2D eigenvalue weighted by atomic mass is 10.4. The number of unbranched alkanes of at least 4 members (excludes halogenated alkanes) is 1. The molecule has 0 saturated heterocycles. The predicted molar refractivity (Wildman–Crippen MR) is 56.0 cm³/mol. The van der Waals surface area contributed by atoms with Gasteiger partial charge in [0.1, 0.15) is 0 Å².